The van der Waals surface area contributed by atoms with E-state index in [2.05, 4.69) is 0 Å². The number of nitrogens with zero attached hydrogens (tertiary/aromatic N) is 1. The Hall–Kier alpha value is -1.46. The highest BCUT2D eigenvalue weighted by Crippen LogP contribution is 2.33. The maximum atomic E-state index is 10.6. The maximum Gasteiger partial charge on any atom is 0.305 e. The van der Waals surface area contributed by atoms with Gasteiger partial charge in [0.15, 0.2) is 0 Å². The van der Waals surface area contributed by atoms with Crippen molar-refractivity contribution in [3.63, 3.8) is 0 Å². The summed E-state index contributed by atoms with van der Waals surface area (Å²) >= 11 is 12.1. The Kier molecular flexibility index (Phi) is 5.92. The zero-order valence-corrected chi connectivity index (χ0v) is 11.5. The van der Waals surface area contributed by atoms with Gasteiger partial charge in [0, 0.05) is 13.1 Å². The van der Waals surface area contributed by atoms with Crippen LogP contribution in [0.25, 0.3) is 0 Å². The second-order valence-corrected chi connectivity index (χ2v) is 4.66. The van der Waals surface area contributed by atoms with E-state index in [0.29, 0.717) is 15.7 Å². The van der Waals surface area contributed by atoms with E-state index in [9.17, 15) is 9.59 Å². The molecule has 0 spiro atoms. The van der Waals surface area contributed by atoms with Crippen LogP contribution in [0.3, 0.4) is 0 Å². The van der Waals surface area contributed by atoms with E-state index in [1.165, 1.54) is 0 Å². The van der Waals surface area contributed by atoms with E-state index in [4.69, 9.17) is 33.4 Å². The van der Waals surface area contributed by atoms with Crippen molar-refractivity contribution >= 4 is 40.8 Å². The van der Waals surface area contributed by atoms with Crippen LogP contribution in [0.1, 0.15) is 12.8 Å². The van der Waals surface area contributed by atoms with Gasteiger partial charge in [-0.2, -0.15) is 0 Å². The van der Waals surface area contributed by atoms with Gasteiger partial charge in [0.2, 0.25) is 0 Å². The summed E-state index contributed by atoms with van der Waals surface area (Å²) in [7, 11) is 0. The fraction of sp³-hybridized carbons (Fsp3) is 0.333. The van der Waals surface area contributed by atoms with Gasteiger partial charge in [-0.15, -0.1) is 0 Å². The minimum absolute atomic E-state index is 0.124. The highest BCUT2D eigenvalue weighted by atomic mass is 35.5. The first-order valence-corrected chi connectivity index (χ1v) is 6.30. The third-order valence-corrected chi connectivity index (χ3v) is 3.05. The minimum Gasteiger partial charge on any atom is -0.481 e. The summed E-state index contributed by atoms with van der Waals surface area (Å²) in [6, 6.07) is 4.91. The van der Waals surface area contributed by atoms with Crippen molar-refractivity contribution in [3.8, 4) is 0 Å². The van der Waals surface area contributed by atoms with Crippen molar-refractivity contribution < 1.29 is 19.8 Å². The first-order chi connectivity index (χ1) is 8.91. The van der Waals surface area contributed by atoms with Crippen molar-refractivity contribution in [2.45, 2.75) is 12.8 Å². The van der Waals surface area contributed by atoms with Crippen molar-refractivity contribution in [1.82, 2.24) is 0 Å². The lowest BCUT2D eigenvalue weighted by atomic mass is 10.2. The highest BCUT2D eigenvalue weighted by Gasteiger charge is 2.16. The molecular weight excluding hydrogens is 293 g/mol. The average molecular weight is 306 g/mol. The van der Waals surface area contributed by atoms with Crippen LogP contribution in [0, 0.1) is 0 Å². The minimum atomic E-state index is -0.969. The highest BCUT2D eigenvalue weighted by molar-refractivity contribution is 6.39. The Morgan fingerprint density at radius 2 is 1.42 bits per heavy atom. The molecule has 1 aromatic carbocycles. The number of aliphatic carboxylic acids is 2. The number of rotatable bonds is 7. The molecule has 0 unspecified atom stereocenters. The van der Waals surface area contributed by atoms with Crippen LogP contribution in [0.4, 0.5) is 5.69 Å². The molecule has 1 aromatic rings. The normalized spacial score (nSPS) is 10.2. The van der Waals surface area contributed by atoms with E-state index in [-0.39, 0.29) is 25.9 Å². The van der Waals surface area contributed by atoms with Crippen LogP contribution >= 0.6 is 23.2 Å². The topological polar surface area (TPSA) is 77.8 Å². The number of carboxylic acid groups (broad SMARTS) is 2. The third kappa shape index (κ3) is 4.96. The second-order valence-electron chi connectivity index (χ2n) is 3.84. The predicted molar refractivity (Wildman–Crippen MR) is 73.2 cm³/mol. The summed E-state index contributed by atoms with van der Waals surface area (Å²) in [5.41, 5.74) is 0.466. The zero-order chi connectivity index (χ0) is 14.4. The van der Waals surface area contributed by atoms with Gasteiger partial charge in [-0.1, -0.05) is 29.3 Å². The van der Waals surface area contributed by atoms with Crippen molar-refractivity contribution in [2.75, 3.05) is 18.0 Å². The number of hydrogen-bond donors (Lipinski definition) is 2. The lowest BCUT2D eigenvalue weighted by Gasteiger charge is -2.25. The van der Waals surface area contributed by atoms with Gasteiger partial charge in [-0.25, -0.2) is 0 Å². The van der Waals surface area contributed by atoms with Crippen LogP contribution in [-0.4, -0.2) is 35.2 Å². The molecule has 1 rings (SSSR count). The molecule has 0 radical (unpaired) electrons. The SMILES string of the molecule is O=C(O)CCN(CCC(=O)O)c1c(Cl)cccc1Cl. The largest absolute Gasteiger partial charge is 0.481 e. The summed E-state index contributed by atoms with van der Waals surface area (Å²) in [6.45, 7) is 0.290. The van der Waals surface area contributed by atoms with E-state index < -0.39 is 11.9 Å². The predicted octanol–water partition coefficient (Wildman–Crippen LogP) is 2.75. The molecular formula is C12H13Cl2NO4. The molecule has 2 N–H and O–H groups in total. The van der Waals surface area contributed by atoms with Crippen LogP contribution in [0.5, 0.6) is 0 Å². The van der Waals surface area contributed by atoms with Crippen LogP contribution in [0.2, 0.25) is 10.0 Å². The summed E-state index contributed by atoms with van der Waals surface area (Å²) in [4.78, 5) is 22.8. The van der Waals surface area contributed by atoms with Gasteiger partial charge < -0.3 is 15.1 Å². The number of halogens is 2. The third-order valence-electron chi connectivity index (χ3n) is 2.44. The Morgan fingerprint density at radius 3 is 1.79 bits per heavy atom. The van der Waals surface area contributed by atoms with Gasteiger partial charge in [-0.3, -0.25) is 9.59 Å². The van der Waals surface area contributed by atoms with Crippen LogP contribution in [0.15, 0.2) is 18.2 Å². The fourth-order valence-corrected chi connectivity index (χ4v) is 2.22. The molecule has 0 aliphatic heterocycles. The number of hydrogen-bond acceptors (Lipinski definition) is 3. The second kappa shape index (κ2) is 7.21. The molecule has 0 amide bonds. The molecule has 0 bridgehead atoms. The van der Waals surface area contributed by atoms with E-state index >= 15 is 0 Å². The molecule has 0 fully saturated rings. The summed E-state index contributed by atoms with van der Waals surface area (Å²) < 4.78 is 0. The van der Waals surface area contributed by atoms with E-state index in [1.54, 1.807) is 23.1 Å². The Morgan fingerprint density at radius 1 is 1.00 bits per heavy atom. The monoisotopic (exact) mass is 305 g/mol. The van der Waals surface area contributed by atoms with Crippen molar-refractivity contribution in [2.24, 2.45) is 0 Å². The lowest BCUT2D eigenvalue weighted by Crippen LogP contribution is -2.29. The Bertz CT molecular complexity index is 441. The fourth-order valence-electron chi connectivity index (χ4n) is 1.59. The Labute approximate surface area is 120 Å². The average Bonchev–Trinajstić information content (AvgIpc) is 2.30. The van der Waals surface area contributed by atoms with Gasteiger partial charge in [0.25, 0.3) is 0 Å². The zero-order valence-electron chi connectivity index (χ0n) is 9.97. The number of benzene rings is 1. The summed E-state index contributed by atoms with van der Waals surface area (Å²) in [6.07, 6.45) is -0.248. The molecule has 0 atom stereocenters. The van der Waals surface area contributed by atoms with Gasteiger partial charge in [-0.05, 0) is 12.1 Å². The standard InChI is InChI=1S/C12H13Cl2NO4/c13-8-2-1-3-9(14)12(8)15(6-4-10(16)17)7-5-11(18)19/h1-3H,4-7H2,(H,16,17)(H,18,19). The number of carboxylic acids is 2. The molecule has 0 saturated carbocycles. The van der Waals surface area contributed by atoms with Crippen molar-refractivity contribution in [1.29, 1.82) is 0 Å². The first-order valence-electron chi connectivity index (χ1n) is 5.54. The van der Waals surface area contributed by atoms with Gasteiger partial charge in [0.1, 0.15) is 0 Å². The number of anilines is 1. The maximum absolute atomic E-state index is 10.6. The molecule has 7 heteroatoms. The molecule has 0 aromatic heterocycles. The first kappa shape index (κ1) is 15.6. The van der Waals surface area contributed by atoms with Crippen LogP contribution in [-0.2, 0) is 9.59 Å². The molecule has 5 nitrogen and oxygen atoms in total. The number of carbonyl (C=O) groups is 2. The molecule has 0 heterocycles. The lowest BCUT2D eigenvalue weighted by molar-refractivity contribution is -0.137. The smallest absolute Gasteiger partial charge is 0.305 e. The molecule has 104 valence electrons. The summed E-state index contributed by atoms with van der Waals surface area (Å²) in [5, 5.41) is 18.2. The molecule has 0 aliphatic rings. The summed E-state index contributed by atoms with van der Waals surface area (Å²) in [5.74, 6) is -1.94. The van der Waals surface area contributed by atoms with E-state index in [0.717, 1.165) is 0 Å². The Balaban J connectivity index is 2.93. The molecule has 0 aliphatic carbocycles. The van der Waals surface area contributed by atoms with Crippen LogP contribution < -0.4 is 4.90 Å². The quantitative estimate of drug-likeness (QED) is 0.810. The molecule has 0 saturated heterocycles. The van der Waals surface area contributed by atoms with Crippen molar-refractivity contribution in [3.05, 3.63) is 28.2 Å². The molecule has 19 heavy (non-hydrogen) atoms. The van der Waals surface area contributed by atoms with E-state index in [1.807, 2.05) is 0 Å². The van der Waals surface area contributed by atoms with Gasteiger partial charge in [0.05, 0.1) is 28.6 Å². The van der Waals surface area contributed by atoms with Gasteiger partial charge >= 0.3 is 11.9 Å². The number of para-hydroxylation sites is 1.